The number of nitrogens with zero attached hydrogens (tertiary/aromatic N) is 1. The van der Waals surface area contributed by atoms with E-state index >= 15 is 0 Å². The Balaban J connectivity index is 2.00. The highest BCUT2D eigenvalue weighted by Gasteiger charge is 2.30. The van der Waals surface area contributed by atoms with Gasteiger partial charge in [-0.15, -0.1) is 11.3 Å². The van der Waals surface area contributed by atoms with Crippen LogP contribution >= 0.6 is 27.3 Å². The molecule has 0 amide bonds. The summed E-state index contributed by atoms with van der Waals surface area (Å²) in [5.74, 6) is 0.653. The average molecular weight is 324 g/mol. The molecule has 1 unspecified atom stereocenters. The molecule has 1 fully saturated rings. The Morgan fingerprint density at radius 3 is 2.88 bits per heavy atom. The van der Waals surface area contributed by atoms with Crippen molar-refractivity contribution in [1.82, 2.24) is 4.90 Å². The fourth-order valence-electron chi connectivity index (χ4n) is 1.92. The molecule has 2 rings (SSSR count). The van der Waals surface area contributed by atoms with E-state index in [1.165, 1.54) is 4.88 Å². The Hall–Kier alpha value is 0.0900. The molecule has 0 aliphatic carbocycles. The Kier molecular flexibility index (Phi) is 3.73. The van der Waals surface area contributed by atoms with E-state index in [-0.39, 0.29) is 6.04 Å². The minimum absolute atomic E-state index is 0.180. The lowest BCUT2D eigenvalue weighted by molar-refractivity contribution is 0.255. The zero-order valence-corrected chi connectivity index (χ0v) is 12.2. The quantitative estimate of drug-likeness (QED) is 0.855. The summed E-state index contributed by atoms with van der Waals surface area (Å²) < 4.78 is 23.9. The second-order valence-electron chi connectivity index (χ2n) is 4.16. The first-order valence-electron chi connectivity index (χ1n) is 5.10. The van der Waals surface area contributed by atoms with Gasteiger partial charge in [0.2, 0.25) is 0 Å². The molecule has 16 heavy (non-hydrogen) atoms. The van der Waals surface area contributed by atoms with E-state index < -0.39 is 9.84 Å². The van der Waals surface area contributed by atoms with Crippen LogP contribution in [0.5, 0.6) is 0 Å². The number of hydrogen-bond donors (Lipinski definition) is 0. The van der Waals surface area contributed by atoms with Crippen LogP contribution in [0.15, 0.2) is 15.9 Å². The molecule has 0 N–H and O–H groups in total. The first kappa shape index (κ1) is 12.5. The van der Waals surface area contributed by atoms with Crippen molar-refractivity contribution in [1.29, 1.82) is 0 Å². The molecule has 0 saturated carbocycles. The maximum absolute atomic E-state index is 11.4. The van der Waals surface area contributed by atoms with Crippen LogP contribution in [0.25, 0.3) is 0 Å². The number of thiophene rings is 1. The molecule has 1 saturated heterocycles. The molecule has 0 spiro atoms. The predicted octanol–water partition coefficient (Wildman–Crippen LogP) is 2.13. The topological polar surface area (TPSA) is 37.4 Å². The van der Waals surface area contributed by atoms with E-state index in [1.54, 1.807) is 11.3 Å². The molecule has 6 heteroatoms. The molecular formula is C10H14BrNO2S2. The van der Waals surface area contributed by atoms with Crippen molar-refractivity contribution in [2.75, 3.05) is 18.6 Å². The Morgan fingerprint density at radius 1 is 1.62 bits per heavy atom. The highest BCUT2D eigenvalue weighted by Crippen LogP contribution is 2.26. The van der Waals surface area contributed by atoms with Gasteiger partial charge < -0.3 is 0 Å². The van der Waals surface area contributed by atoms with Gasteiger partial charge in [0.05, 0.1) is 11.5 Å². The van der Waals surface area contributed by atoms with Crippen LogP contribution in [0.1, 0.15) is 11.3 Å². The lowest BCUT2D eigenvalue weighted by atomic mass is 10.2. The van der Waals surface area contributed by atoms with E-state index in [0.717, 1.165) is 17.4 Å². The van der Waals surface area contributed by atoms with Crippen molar-refractivity contribution in [3.8, 4) is 0 Å². The first-order chi connectivity index (χ1) is 7.48. The van der Waals surface area contributed by atoms with Crippen molar-refractivity contribution < 1.29 is 8.42 Å². The summed E-state index contributed by atoms with van der Waals surface area (Å²) in [7, 11) is -0.782. The van der Waals surface area contributed by atoms with Crippen LogP contribution in [-0.2, 0) is 16.4 Å². The minimum Gasteiger partial charge on any atom is -0.297 e. The van der Waals surface area contributed by atoms with Crippen LogP contribution in [0.2, 0.25) is 0 Å². The molecule has 1 aromatic heterocycles. The molecule has 2 heterocycles. The van der Waals surface area contributed by atoms with E-state index in [0.29, 0.717) is 11.5 Å². The minimum atomic E-state index is -2.78. The smallest absolute Gasteiger partial charge is 0.151 e. The van der Waals surface area contributed by atoms with Gasteiger partial charge in [-0.25, -0.2) is 8.42 Å². The van der Waals surface area contributed by atoms with Crippen molar-refractivity contribution in [2.45, 2.75) is 19.0 Å². The molecule has 0 bridgehead atoms. The first-order valence-corrected chi connectivity index (χ1v) is 8.60. The number of sulfone groups is 1. The summed E-state index contributed by atoms with van der Waals surface area (Å²) in [5, 5.41) is 2.04. The van der Waals surface area contributed by atoms with Crippen molar-refractivity contribution in [2.24, 2.45) is 0 Å². The Morgan fingerprint density at radius 2 is 2.38 bits per heavy atom. The van der Waals surface area contributed by atoms with Gasteiger partial charge in [0, 0.05) is 21.9 Å². The highest BCUT2D eigenvalue weighted by atomic mass is 79.9. The summed E-state index contributed by atoms with van der Waals surface area (Å²) in [6, 6.07) is 2.21. The van der Waals surface area contributed by atoms with Gasteiger partial charge >= 0.3 is 0 Å². The highest BCUT2D eigenvalue weighted by molar-refractivity contribution is 9.10. The molecule has 3 nitrogen and oxygen atoms in total. The van der Waals surface area contributed by atoms with Gasteiger partial charge in [-0.05, 0) is 40.8 Å². The second-order valence-corrected chi connectivity index (χ2v) is 8.25. The fourth-order valence-corrected chi connectivity index (χ4v) is 5.26. The molecule has 0 aromatic carbocycles. The molecule has 0 radical (unpaired) electrons. The summed E-state index contributed by atoms with van der Waals surface area (Å²) in [6.07, 6.45) is 0.766. The van der Waals surface area contributed by atoms with Crippen molar-refractivity contribution in [3.05, 3.63) is 20.8 Å². The molecule has 1 aromatic rings. The molecule has 90 valence electrons. The van der Waals surface area contributed by atoms with Crippen molar-refractivity contribution in [3.63, 3.8) is 0 Å². The Bertz CT molecular complexity index is 469. The largest absolute Gasteiger partial charge is 0.297 e. The van der Waals surface area contributed by atoms with Gasteiger partial charge in [-0.2, -0.15) is 0 Å². The summed E-state index contributed by atoms with van der Waals surface area (Å²) in [4.78, 5) is 3.40. The zero-order valence-electron chi connectivity index (χ0n) is 9.02. The van der Waals surface area contributed by atoms with Crippen LogP contribution in [0, 0.1) is 0 Å². The van der Waals surface area contributed by atoms with Crippen LogP contribution < -0.4 is 0 Å². The second kappa shape index (κ2) is 4.76. The molecular weight excluding hydrogens is 310 g/mol. The van der Waals surface area contributed by atoms with Crippen LogP contribution in [0.4, 0.5) is 0 Å². The lowest BCUT2D eigenvalue weighted by Gasteiger charge is -2.22. The van der Waals surface area contributed by atoms with Gasteiger partial charge in [0.1, 0.15) is 0 Å². The SMILES string of the molecule is CN(Cc1sccc1Br)C1CCS(=O)(=O)C1. The van der Waals surface area contributed by atoms with Crippen molar-refractivity contribution >= 4 is 37.1 Å². The molecule has 1 aliphatic rings. The van der Waals surface area contributed by atoms with E-state index in [1.807, 2.05) is 18.5 Å². The maximum Gasteiger partial charge on any atom is 0.151 e. The number of halogens is 1. The van der Waals surface area contributed by atoms with Crippen LogP contribution in [-0.4, -0.2) is 37.9 Å². The van der Waals surface area contributed by atoms with Gasteiger partial charge in [-0.3, -0.25) is 4.90 Å². The Labute approximate surface area is 109 Å². The average Bonchev–Trinajstić information content (AvgIpc) is 2.74. The number of hydrogen-bond acceptors (Lipinski definition) is 4. The van der Waals surface area contributed by atoms with E-state index in [4.69, 9.17) is 0 Å². The normalized spacial score (nSPS) is 24.1. The lowest BCUT2D eigenvalue weighted by Crippen LogP contribution is -2.31. The number of rotatable bonds is 3. The molecule has 1 aliphatic heterocycles. The monoisotopic (exact) mass is 323 g/mol. The third kappa shape index (κ3) is 2.85. The third-order valence-electron chi connectivity index (χ3n) is 2.92. The zero-order chi connectivity index (χ0) is 11.8. The fraction of sp³-hybridized carbons (Fsp3) is 0.600. The van der Waals surface area contributed by atoms with E-state index in [9.17, 15) is 8.42 Å². The van der Waals surface area contributed by atoms with Gasteiger partial charge in [-0.1, -0.05) is 0 Å². The third-order valence-corrected chi connectivity index (χ3v) is 6.58. The molecule has 1 atom stereocenters. The summed E-state index contributed by atoms with van der Waals surface area (Å²) in [6.45, 7) is 0.818. The maximum atomic E-state index is 11.4. The van der Waals surface area contributed by atoms with E-state index in [2.05, 4.69) is 20.8 Å². The standard InChI is InChI=1S/C10H14BrNO2S2/c1-12(6-10-9(11)2-4-15-10)8-3-5-16(13,14)7-8/h2,4,8H,3,5-7H2,1H3. The van der Waals surface area contributed by atoms with Gasteiger partial charge in [0.15, 0.2) is 9.84 Å². The van der Waals surface area contributed by atoms with Gasteiger partial charge in [0.25, 0.3) is 0 Å². The predicted molar refractivity (Wildman–Crippen MR) is 70.5 cm³/mol. The summed E-state index contributed by atoms with van der Waals surface area (Å²) in [5.41, 5.74) is 0. The van der Waals surface area contributed by atoms with Crippen LogP contribution in [0.3, 0.4) is 0 Å². The summed E-state index contributed by atoms with van der Waals surface area (Å²) >= 11 is 5.19.